The Morgan fingerprint density at radius 1 is 1.29 bits per heavy atom. The van der Waals surface area contributed by atoms with Crippen LogP contribution in [0.3, 0.4) is 0 Å². The SMILES string of the molecule is NCCCOc1ccc(S(=O)(=O)NCc2ncn[nH]2)cc1. The van der Waals surface area contributed by atoms with Crippen molar-refractivity contribution in [3.05, 3.63) is 36.4 Å². The smallest absolute Gasteiger partial charge is 0.240 e. The van der Waals surface area contributed by atoms with Crippen molar-refractivity contribution < 1.29 is 13.2 Å². The minimum absolute atomic E-state index is 0.0527. The summed E-state index contributed by atoms with van der Waals surface area (Å²) < 4.78 is 32.0. The molecule has 2 aromatic rings. The summed E-state index contributed by atoms with van der Waals surface area (Å²) in [5, 5.41) is 6.23. The molecule has 2 rings (SSSR count). The van der Waals surface area contributed by atoms with Crippen LogP contribution in [0.25, 0.3) is 0 Å². The van der Waals surface area contributed by atoms with Crippen molar-refractivity contribution in [2.24, 2.45) is 5.73 Å². The van der Waals surface area contributed by atoms with Crippen molar-refractivity contribution in [1.29, 1.82) is 0 Å². The fourth-order valence-electron chi connectivity index (χ4n) is 1.55. The van der Waals surface area contributed by atoms with Crippen LogP contribution in [0.4, 0.5) is 0 Å². The van der Waals surface area contributed by atoms with Crippen LogP contribution in [-0.4, -0.2) is 36.8 Å². The van der Waals surface area contributed by atoms with Gasteiger partial charge in [-0.25, -0.2) is 18.1 Å². The predicted octanol–water partition coefficient (Wildman–Crippen LogP) is 0.0108. The monoisotopic (exact) mass is 311 g/mol. The molecule has 21 heavy (non-hydrogen) atoms. The number of nitrogens with one attached hydrogen (secondary N) is 2. The molecule has 1 heterocycles. The molecule has 0 aliphatic heterocycles. The Balaban J connectivity index is 1.96. The molecule has 0 amide bonds. The Hall–Kier alpha value is -1.97. The predicted molar refractivity (Wildman–Crippen MR) is 76.0 cm³/mol. The van der Waals surface area contributed by atoms with Crippen LogP contribution in [0.1, 0.15) is 12.2 Å². The van der Waals surface area contributed by atoms with Crippen LogP contribution in [0, 0.1) is 0 Å². The van der Waals surface area contributed by atoms with Gasteiger partial charge in [0.2, 0.25) is 10.0 Å². The van der Waals surface area contributed by atoms with Gasteiger partial charge in [0, 0.05) is 0 Å². The van der Waals surface area contributed by atoms with Crippen LogP contribution < -0.4 is 15.2 Å². The molecule has 0 radical (unpaired) electrons. The third-order valence-electron chi connectivity index (χ3n) is 2.65. The van der Waals surface area contributed by atoms with Crippen molar-refractivity contribution in [1.82, 2.24) is 19.9 Å². The fourth-order valence-corrected chi connectivity index (χ4v) is 2.54. The number of ether oxygens (including phenoxy) is 1. The third-order valence-corrected chi connectivity index (χ3v) is 4.06. The van der Waals surface area contributed by atoms with E-state index < -0.39 is 10.0 Å². The maximum Gasteiger partial charge on any atom is 0.240 e. The standard InChI is InChI=1S/C12H17N5O3S/c13-6-1-7-20-10-2-4-11(5-3-10)21(18,19)16-8-12-14-9-15-17-12/h2-5,9,16H,1,6-8,13H2,(H,14,15,17). The van der Waals surface area contributed by atoms with Crippen LogP contribution in [0.5, 0.6) is 5.75 Å². The maximum absolute atomic E-state index is 12.1. The topological polar surface area (TPSA) is 123 Å². The normalized spacial score (nSPS) is 11.5. The summed E-state index contributed by atoms with van der Waals surface area (Å²) >= 11 is 0. The second-order valence-corrected chi connectivity index (χ2v) is 5.99. The minimum atomic E-state index is -3.59. The van der Waals surface area contributed by atoms with Crippen LogP contribution in [0.2, 0.25) is 0 Å². The number of hydrogen-bond acceptors (Lipinski definition) is 6. The lowest BCUT2D eigenvalue weighted by atomic mass is 10.3. The highest BCUT2D eigenvalue weighted by Gasteiger charge is 2.14. The number of aromatic amines is 1. The molecule has 0 spiro atoms. The van der Waals surface area contributed by atoms with E-state index in [1.54, 1.807) is 12.1 Å². The highest BCUT2D eigenvalue weighted by molar-refractivity contribution is 7.89. The number of sulfonamides is 1. The molecule has 0 fully saturated rings. The summed E-state index contributed by atoms with van der Waals surface area (Å²) in [4.78, 5) is 4.01. The number of benzene rings is 1. The van der Waals surface area contributed by atoms with Gasteiger partial charge in [0.15, 0.2) is 0 Å². The summed E-state index contributed by atoms with van der Waals surface area (Å²) in [6.07, 6.45) is 2.07. The van der Waals surface area contributed by atoms with E-state index in [0.29, 0.717) is 24.7 Å². The van der Waals surface area contributed by atoms with Gasteiger partial charge in [-0.15, -0.1) is 0 Å². The van der Waals surface area contributed by atoms with Gasteiger partial charge in [-0.05, 0) is 37.2 Å². The summed E-state index contributed by atoms with van der Waals surface area (Å²) in [5.41, 5.74) is 5.37. The van der Waals surface area contributed by atoms with Gasteiger partial charge in [0.05, 0.1) is 18.0 Å². The van der Waals surface area contributed by atoms with E-state index in [2.05, 4.69) is 19.9 Å². The Morgan fingerprint density at radius 2 is 2.05 bits per heavy atom. The summed E-state index contributed by atoms with van der Waals surface area (Å²) in [7, 11) is -3.59. The Kier molecular flexibility index (Phi) is 5.26. The molecule has 0 atom stereocenters. The lowest BCUT2D eigenvalue weighted by Crippen LogP contribution is -2.23. The minimum Gasteiger partial charge on any atom is -0.494 e. The van der Waals surface area contributed by atoms with Crippen LogP contribution in [-0.2, 0) is 16.6 Å². The highest BCUT2D eigenvalue weighted by Crippen LogP contribution is 2.16. The van der Waals surface area contributed by atoms with Crippen molar-refractivity contribution in [3.63, 3.8) is 0 Å². The third kappa shape index (κ3) is 4.52. The molecule has 0 aliphatic carbocycles. The summed E-state index contributed by atoms with van der Waals surface area (Å²) in [6, 6.07) is 6.19. The number of nitrogens with two attached hydrogens (primary N) is 1. The Labute approximate surface area is 122 Å². The first-order valence-electron chi connectivity index (χ1n) is 6.38. The van der Waals surface area contributed by atoms with Gasteiger partial charge in [0.1, 0.15) is 17.9 Å². The van der Waals surface area contributed by atoms with E-state index in [4.69, 9.17) is 10.5 Å². The first-order valence-corrected chi connectivity index (χ1v) is 7.87. The molecule has 0 unspecified atom stereocenters. The van der Waals surface area contributed by atoms with Crippen molar-refractivity contribution in [2.75, 3.05) is 13.2 Å². The number of rotatable bonds is 8. The molecule has 9 heteroatoms. The zero-order valence-corrected chi connectivity index (χ0v) is 12.1. The first-order chi connectivity index (χ1) is 10.1. The van der Waals surface area contributed by atoms with Crippen LogP contribution >= 0.6 is 0 Å². The van der Waals surface area contributed by atoms with E-state index >= 15 is 0 Å². The van der Waals surface area contributed by atoms with Gasteiger partial charge in [0.25, 0.3) is 0 Å². The van der Waals surface area contributed by atoms with E-state index in [9.17, 15) is 8.42 Å². The second-order valence-electron chi connectivity index (χ2n) is 4.22. The van der Waals surface area contributed by atoms with Crippen molar-refractivity contribution in [2.45, 2.75) is 17.9 Å². The van der Waals surface area contributed by atoms with Crippen molar-refractivity contribution in [3.8, 4) is 5.75 Å². The quantitative estimate of drug-likeness (QED) is 0.590. The molecule has 0 saturated heterocycles. The lowest BCUT2D eigenvalue weighted by molar-refractivity contribution is 0.313. The molecule has 1 aromatic heterocycles. The maximum atomic E-state index is 12.1. The van der Waals surface area contributed by atoms with E-state index in [1.807, 2.05) is 0 Å². The van der Waals surface area contributed by atoms with Gasteiger partial charge in [-0.3, -0.25) is 5.10 Å². The molecule has 0 bridgehead atoms. The first kappa shape index (κ1) is 15.4. The van der Waals surface area contributed by atoms with Gasteiger partial charge in [-0.1, -0.05) is 0 Å². The molecule has 8 nitrogen and oxygen atoms in total. The van der Waals surface area contributed by atoms with E-state index in [0.717, 1.165) is 6.42 Å². The van der Waals surface area contributed by atoms with Crippen molar-refractivity contribution >= 4 is 10.0 Å². The molecule has 0 aliphatic rings. The van der Waals surface area contributed by atoms with Crippen LogP contribution in [0.15, 0.2) is 35.5 Å². The van der Waals surface area contributed by atoms with E-state index in [-0.39, 0.29) is 11.4 Å². The number of nitrogens with zero attached hydrogens (tertiary/aromatic N) is 2. The summed E-state index contributed by atoms with van der Waals surface area (Å²) in [5.74, 6) is 1.05. The molecular weight excluding hydrogens is 294 g/mol. The Morgan fingerprint density at radius 3 is 2.67 bits per heavy atom. The highest BCUT2D eigenvalue weighted by atomic mass is 32.2. The molecule has 4 N–H and O–H groups in total. The lowest BCUT2D eigenvalue weighted by Gasteiger charge is -2.08. The molecule has 1 aromatic carbocycles. The summed E-state index contributed by atoms with van der Waals surface area (Å²) in [6.45, 7) is 1.11. The number of H-pyrrole nitrogens is 1. The zero-order chi connectivity index (χ0) is 15.1. The van der Waals surface area contributed by atoms with Gasteiger partial charge in [-0.2, -0.15) is 5.10 Å². The number of aromatic nitrogens is 3. The molecule has 114 valence electrons. The average molecular weight is 311 g/mol. The van der Waals surface area contributed by atoms with Gasteiger partial charge >= 0.3 is 0 Å². The zero-order valence-electron chi connectivity index (χ0n) is 11.3. The van der Waals surface area contributed by atoms with E-state index in [1.165, 1.54) is 18.5 Å². The molecular formula is C12H17N5O3S. The number of hydrogen-bond donors (Lipinski definition) is 3. The van der Waals surface area contributed by atoms with Gasteiger partial charge < -0.3 is 10.5 Å². The fraction of sp³-hybridized carbons (Fsp3) is 0.333. The Bertz CT molecular complexity index is 640. The molecule has 0 saturated carbocycles. The largest absolute Gasteiger partial charge is 0.494 e. The second kappa shape index (κ2) is 7.16. The average Bonchev–Trinajstić information content (AvgIpc) is 3.00.